The van der Waals surface area contributed by atoms with Crippen LogP contribution in [0.5, 0.6) is 5.75 Å². The molecule has 3 aromatic rings. The summed E-state index contributed by atoms with van der Waals surface area (Å²) in [5.41, 5.74) is 2.36. The molecule has 142 valence electrons. The second kappa shape index (κ2) is 7.74. The van der Waals surface area contributed by atoms with E-state index in [1.807, 2.05) is 4.57 Å². The van der Waals surface area contributed by atoms with Crippen LogP contribution < -0.4 is 4.74 Å². The molecule has 0 atom stereocenters. The van der Waals surface area contributed by atoms with Crippen molar-refractivity contribution in [1.29, 1.82) is 0 Å². The van der Waals surface area contributed by atoms with Crippen LogP contribution in [0, 0.1) is 6.92 Å². The van der Waals surface area contributed by atoms with Crippen molar-refractivity contribution in [3.8, 4) is 5.75 Å². The van der Waals surface area contributed by atoms with Crippen molar-refractivity contribution in [3.05, 3.63) is 63.3 Å². The van der Waals surface area contributed by atoms with Gasteiger partial charge < -0.3 is 14.0 Å². The second-order valence-electron chi connectivity index (χ2n) is 5.88. The molecule has 0 saturated carbocycles. The topological polar surface area (TPSA) is 40.5 Å². The number of alkyl halides is 2. The van der Waals surface area contributed by atoms with Crippen molar-refractivity contribution in [3.63, 3.8) is 0 Å². The molecule has 0 spiro atoms. The number of esters is 1. The van der Waals surface area contributed by atoms with E-state index in [4.69, 9.17) is 27.9 Å². The Kier molecular flexibility index (Phi) is 5.58. The Morgan fingerprint density at radius 2 is 1.96 bits per heavy atom. The number of halogens is 4. The van der Waals surface area contributed by atoms with Crippen molar-refractivity contribution >= 4 is 40.1 Å². The maximum absolute atomic E-state index is 12.5. The summed E-state index contributed by atoms with van der Waals surface area (Å²) in [6.45, 7) is -0.796. The summed E-state index contributed by atoms with van der Waals surface area (Å²) in [7, 11) is 1.27. The third kappa shape index (κ3) is 3.87. The second-order valence-corrected chi connectivity index (χ2v) is 6.66. The number of rotatable bonds is 5. The first-order valence-corrected chi connectivity index (χ1v) is 8.67. The number of hydrogen-bond acceptors (Lipinski definition) is 3. The first-order chi connectivity index (χ1) is 12.8. The minimum atomic E-state index is -2.89. The molecule has 0 saturated heterocycles. The molecular formula is C19H15Cl2F2NO3. The van der Waals surface area contributed by atoms with Crippen LogP contribution >= 0.6 is 23.2 Å². The molecule has 27 heavy (non-hydrogen) atoms. The van der Waals surface area contributed by atoms with Gasteiger partial charge in [-0.05, 0) is 42.8 Å². The van der Waals surface area contributed by atoms with Gasteiger partial charge in [0, 0.05) is 22.2 Å². The van der Waals surface area contributed by atoms with E-state index < -0.39 is 12.6 Å². The Labute approximate surface area is 164 Å². The Bertz CT molecular complexity index is 1020. The molecule has 0 aliphatic rings. The third-order valence-electron chi connectivity index (χ3n) is 4.17. The molecule has 0 amide bonds. The molecule has 0 radical (unpaired) electrons. The summed E-state index contributed by atoms with van der Waals surface area (Å²) in [6.07, 6.45) is 1.79. The van der Waals surface area contributed by atoms with Crippen LogP contribution in [-0.4, -0.2) is 24.3 Å². The van der Waals surface area contributed by atoms with Crippen LogP contribution in [0.1, 0.15) is 21.5 Å². The highest BCUT2D eigenvalue weighted by atomic mass is 35.5. The molecule has 1 heterocycles. The van der Waals surface area contributed by atoms with E-state index >= 15 is 0 Å². The van der Waals surface area contributed by atoms with E-state index in [0.29, 0.717) is 17.1 Å². The lowest BCUT2D eigenvalue weighted by molar-refractivity contribution is -0.0497. The van der Waals surface area contributed by atoms with Gasteiger partial charge in [-0.25, -0.2) is 4.79 Å². The highest BCUT2D eigenvalue weighted by Gasteiger charge is 2.18. The zero-order valence-corrected chi connectivity index (χ0v) is 15.9. The Morgan fingerprint density at radius 1 is 1.22 bits per heavy atom. The van der Waals surface area contributed by atoms with Crippen molar-refractivity contribution in [1.82, 2.24) is 4.57 Å². The number of fused-ring (bicyclic) bond motifs is 1. The zero-order chi connectivity index (χ0) is 19.7. The fourth-order valence-corrected chi connectivity index (χ4v) is 3.59. The Morgan fingerprint density at radius 3 is 2.63 bits per heavy atom. The van der Waals surface area contributed by atoms with Gasteiger partial charge >= 0.3 is 12.6 Å². The summed E-state index contributed by atoms with van der Waals surface area (Å²) in [5.74, 6) is -0.461. The van der Waals surface area contributed by atoms with Gasteiger partial charge in [-0.15, -0.1) is 0 Å². The number of hydrogen-bond donors (Lipinski definition) is 0. The van der Waals surface area contributed by atoms with Crippen LogP contribution in [0.4, 0.5) is 8.78 Å². The lowest BCUT2D eigenvalue weighted by Crippen LogP contribution is -2.07. The highest BCUT2D eigenvalue weighted by molar-refractivity contribution is 6.38. The van der Waals surface area contributed by atoms with E-state index in [1.54, 1.807) is 37.4 Å². The number of nitrogens with zero attached hydrogens (tertiary/aromatic N) is 1. The van der Waals surface area contributed by atoms with Gasteiger partial charge in [-0.1, -0.05) is 23.2 Å². The summed E-state index contributed by atoms with van der Waals surface area (Å²) in [4.78, 5) is 11.9. The first kappa shape index (κ1) is 19.5. The van der Waals surface area contributed by atoms with Crippen molar-refractivity contribution < 1.29 is 23.0 Å². The summed E-state index contributed by atoms with van der Waals surface area (Å²) in [5, 5.41) is 1.36. The van der Waals surface area contributed by atoms with Crippen LogP contribution in [0.25, 0.3) is 10.9 Å². The summed E-state index contributed by atoms with van der Waals surface area (Å²) in [6, 6.07) is 7.96. The van der Waals surface area contributed by atoms with E-state index in [2.05, 4.69) is 4.74 Å². The van der Waals surface area contributed by atoms with Crippen LogP contribution in [0.2, 0.25) is 10.0 Å². The standard InChI is InChI=1S/C19H15Cl2F2NO3/c1-10-7-12(27-19(22)23)8-11-5-6-24(17(10)11)9-14-15(20)4-3-13(16(14)21)18(25)26-2/h3-8,19H,9H2,1-2H3. The Hall–Kier alpha value is -2.31. The predicted octanol–water partition coefficient (Wildman–Crippen LogP) is 5.69. The van der Waals surface area contributed by atoms with Crippen molar-refractivity contribution in [2.24, 2.45) is 0 Å². The molecule has 3 rings (SSSR count). The molecule has 0 fully saturated rings. The molecule has 0 aliphatic heterocycles. The fourth-order valence-electron chi connectivity index (χ4n) is 3.02. The number of carbonyl (C=O) groups excluding carboxylic acids is 1. The lowest BCUT2D eigenvalue weighted by atomic mass is 10.1. The van der Waals surface area contributed by atoms with Crippen molar-refractivity contribution in [2.45, 2.75) is 20.1 Å². The molecule has 4 nitrogen and oxygen atoms in total. The molecular weight excluding hydrogens is 399 g/mol. The van der Waals surface area contributed by atoms with Gasteiger partial charge in [0.05, 0.1) is 29.8 Å². The number of aryl methyl sites for hydroxylation is 1. The van der Waals surface area contributed by atoms with Gasteiger partial charge in [0.2, 0.25) is 0 Å². The average molecular weight is 414 g/mol. The first-order valence-electron chi connectivity index (χ1n) is 7.91. The maximum Gasteiger partial charge on any atom is 0.387 e. The zero-order valence-electron chi connectivity index (χ0n) is 14.4. The predicted molar refractivity (Wildman–Crippen MR) is 100 cm³/mol. The van der Waals surface area contributed by atoms with E-state index in [1.165, 1.54) is 13.2 Å². The number of ether oxygens (including phenoxy) is 2. The molecule has 0 bridgehead atoms. The molecule has 0 N–H and O–H groups in total. The number of carbonyl (C=O) groups is 1. The van der Waals surface area contributed by atoms with Gasteiger partial charge in [0.25, 0.3) is 0 Å². The largest absolute Gasteiger partial charge is 0.465 e. The summed E-state index contributed by atoms with van der Waals surface area (Å²) >= 11 is 12.7. The van der Waals surface area contributed by atoms with Gasteiger partial charge in [-0.2, -0.15) is 8.78 Å². The van der Waals surface area contributed by atoms with Crippen LogP contribution in [-0.2, 0) is 11.3 Å². The third-order valence-corrected chi connectivity index (χ3v) is 4.96. The Balaban J connectivity index is 2.04. The molecule has 2 aromatic carbocycles. The SMILES string of the molecule is COC(=O)c1ccc(Cl)c(Cn2ccc3cc(OC(F)F)cc(C)c32)c1Cl. The molecule has 8 heteroatoms. The van der Waals surface area contributed by atoms with Crippen molar-refractivity contribution in [2.75, 3.05) is 7.11 Å². The quantitative estimate of drug-likeness (QED) is 0.504. The van der Waals surface area contributed by atoms with Gasteiger partial charge in [0.1, 0.15) is 5.75 Å². The number of benzene rings is 2. The van der Waals surface area contributed by atoms with Crippen LogP contribution in [0.3, 0.4) is 0 Å². The van der Waals surface area contributed by atoms with Crippen LogP contribution in [0.15, 0.2) is 36.5 Å². The minimum absolute atomic E-state index is 0.0940. The average Bonchev–Trinajstić information content (AvgIpc) is 3.00. The normalized spacial score (nSPS) is 11.2. The fraction of sp³-hybridized carbons (Fsp3) is 0.211. The highest BCUT2D eigenvalue weighted by Crippen LogP contribution is 2.32. The van der Waals surface area contributed by atoms with Gasteiger partial charge in [-0.3, -0.25) is 0 Å². The monoisotopic (exact) mass is 413 g/mol. The van der Waals surface area contributed by atoms with E-state index in [0.717, 1.165) is 16.5 Å². The lowest BCUT2D eigenvalue weighted by Gasteiger charge is -2.14. The maximum atomic E-state index is 12.5. The smallest absolute Gasteiger partial charge is 0.387 e. The van der Waals surface area contributed by atoms with Gasteiger partial charge in [0.15, 0.2) is 0 Å². The van der Waals surface area contributed by atoms with E-state index in [9.17, 15) is 13.6 Å². The minimum Gasteiger partial charge on any atom is -0.465 e. The summed E-state index contributed by atoms with van der Waals surface area (Å²) < 4.78 is 36.0. The molecule has 0 aliphatic carbocycles. The molecule has 1 aromatic heterocycles. The van der Waals surface area contributed by atoms with E-state index in [-0.39, 0.29) is 16.3 Å². The number of methoxy groups -OCH3 is 1. The number of aromatic nitrogens is 1. The molecule has 0 unspecified atom stereocenters.